The fourth-order valence-corrected chi connectivity index (χ4v) is 2.98. The zero-order valence-electron chi connectivity index (χ0n) is 18.0. The van der Waals surface area contributed by atoms with Crippen LogP contribution in [0.15, 0.2) is 18.2 Å². The Labute approximate surface area is 170 Å². The lowest BCUT2D eigenvalue weighted by Crippen LogP contribution is -2.19. The summed E-state index contributed by atoms with van der Waals surface area (Å²) in [5.41, 5.74) is 0.288. The van der Waals surface area contributed by atoms with Crippen molar-refractivity contribution in [2.24, 2.45) is 0 Å². The third-order valence-corrected chi connectivity index (χ3v) is 4.71. The van der Waals surface area contributed by atoms with E-state index in [-0.39, 0.29) is 23.6 Å². The molecule has 5 heteroatoms. The number of carbonyl (C=O) groups excluding carboxylic acids is 2. The standard InChI is InChI=1S/C23H37NO4/c1-5-7-9-11-14-18(3)27-22(25)20-16-13-17-21(24-20)23(26)28-19(4)15-12-10-8-6-2/h13,16-19H,5-12,14-15H2,1-4H3. The van der Waals surface area contributed by atoms with Gasteiger partial charge in [0.2, 0.25) is 0 Å². The molecule has 0 aliphatic heterocycles. The Kier molecular flexibility index (Phi) is 12.2. The van der Waals surface area contributed by atoms with Crippen LogP contribution >= 0.6 is 0 Å². The van der Waals surface area contributed by atoms with E-state index in [2.05, 4.69) is 18.8 Å². The predicted molar refractivity (Wildman–Crippen MR) is 112 cm³/mol. The van der Waals surface area contributed by atoms with E-state index in [1.807, 2.05) is 13.8 Å². The Morgan fingerprint density at radius 2 is 1.21 bits per heavy atom. The van der Waals surface area contributed by atoms with Crippen LogP contribution in [0.5, 0.6) is 0 Å². The van der Waals surface area contributed by atoms with Gasteiger partial charge < -0.3 is 9.47 Å². The monoisotopic (exact) mass is 391 g/mol. The lowest BCUT2D eigenvalue weighted by molar-refractivity contribution is 0.0304. The second kappa shape index (κ2) is 14.1. The number of hydrogen-bond acceptors (Lipinski definition) is 5. The van der Waals surface area contributed by atoms with Crippen LogP contribution in [-0.2, 0) is 9.47 Å². The van der Waals surface area contributed by atoms with Crippen LogP contribution in [-0.4, -0.2) is 29.1 Å². The molecule has 28 heavy (non-hydrogen) atoms. The van der Waals surface area contributed by atoms with E-state index in [0.717, 1.165) is 38.5 Å². The summed E-state index contributed by atoms with van der Waals surface area (Å²) < 4.78 is 10.9. The first kappa shape index (κ1) is 24.1. The summed E-state index contributed by atoms with van der Waals surface area (Å²) in [7, 11) is 0. The molecule has 1 aromatic heterocycles. The van der Waals surface area contributed by atoms with Crippen LogP contribution < -0.4 is 0 Å². The number of unbranched alkanes of at least 4 members (excludes halogenated alkanes) is 6. The number of ether oxygens (including phenoxy) is 2. The quantitative estimate of drug-likeness (QED) is 0.283. The molecule has 0 saturated heterocycles. The topological polar surface area (TPSA) is 65.5 Å². The molecule has 0 spiro atoms. The number of hydrogen-bond donors (Lipinski definition) is 0. The van der Waals surface area contributed by atoms with Crippen molar-refractivity contribution in [2.75, 3.05) is 0 Å². The van der Waals surface area contributed by atoms with Crippen molar-refractivity contribution >= 4 is 11.9 Å². The number of esters is 2. The van der Waals surface area contributed by atoms with Gasteiger partial charge in [-0.1, -0.05) is 58.4 Å². The summed E-state index contributed by atoms with van der Waals surface area (Å²) in [6.45, 7) is 8.12. The van der Waals surface area contributed by atoms with Crippen molar-refractivity contribution in [2.45, 2.75) is 104 Å². The first-order valence-electron chi connectivity index (χ1n) is 10.9. The third-order valence-electron chi connectivity index (χ3n) is 4.71. The van der Waals surface area contributed by atoms with Crippen molar-refractivity contribution in [3.8, 4) is 0 Å². The minimum absolute atomic E-state index is 0.144. The first-order chi connectivity index (χ1) is 13.5. The Morgan fingerprint density at radius 1 is 0.786 bits per heavy atom. The Bertz CT molecular complexity index is 540. The molecule has 2 atom stereocenters. The Morgan fingerprint density at radius 3 is 1.61 bits per heavy atom. The van der Waals surface area contributed by atoms with E-state index in [4.69, 9.17) is 9.47 Å². The number of pyridine rings is 1. The van der Waals surface area contributed by atoms with Gasteiger partial charge in [-0.25, -0.2) is 14.6 Å². The van der Waals surface area contributed by atoms with Crippen LogP contribution in [0, 0.1) is 0 Å². The van der Waals surface area contributed by atoms with Gasteiger partial charge in [-0.2, -0.15) is 0 Å². The third kappa shape index (κ3) is 9.86. The maximum atomic E-state index is 12.3. The smallest absolute Gasteiger partial charge is 0.357 e. The molecule has 1 rings (SSSR count). The van der Waals surface area contributed by atoms with E-state index in [1.54, 1.807) is 18.2 Å². The maximum Gasteiger partial charge on any atom is 0.357 e. The van der Waals surface area contributed by atoms with Crippen LogP contribution in [0.4, 0.5) is 0 Å². The zero-order chi connectivity index (χ0) is 20.8. The van der Waals surface area contributed by atoms with E-state index < -0.39 is 11.9 Å². The van der Waals surface area contributed by atoms with Crippen molar-refractivity contribution in [1.29, 1.82) is 0 Å². The SMILES string of the molecule is CCCCCCC(C)OC(=O)c1cccc(C(=O)OC(C)CCCCCC)n1. The average molecular weight is 392 g/mol. The highest BCUT2D eigenvalue weighted by atomic mass is 16.5. The molecule has 0 saturated carbocycles. The molecule has 0 aromatic carbocycles. The largest absolute Gasteiger partial charge is 0.458 e. The number of aromatic nitrogens is 1. The number of carbonyl (C=O) groups is 2. The fraction of sp³-hybridized carbons (Fsp3) is 0.696. The minimum atomic E-state index is -0.495. The minimum Gasteiger partial charge on any atom is -0.458 e. The van der Waals surface area contributed by atoms with Crippen LogP contribution in [0.2, 0.25) is 0 Å². The highest BCUT2D eigenvalue weighted by Crippen LogP contribution is 2.12. The molecule has 0 amide bonds. The van der Waals surface area contributed by atoms with Gasteiger partial charge in [0, 0.05) is 0 Å². The van der Waals surface area contributed by atoms with Crippen LogP contribution in [0.1, 0.15) is 113 Å². The summed E-state index contributed by atoms with van der Waals surface area (Å²) in [5, 5.41) is 0. The predicted octanol–water partition coefficient (Wildman–Crippen LogP) is 6.11. The lowest BCUT2D eigenvalue weighted by atomic mass is 10.1. The Balaban J connectivity index is 2.50. The number of rotatable bonds is 14. The van der Waals surface area contributed by atoms with Gasteiger partial charge in [0.25, 0.3) is 0 Å². The van der Waals surface area contributed by atoms with E-state index in [0.29, 0.717) is 0 Å². The number of nitrogens with zero attached hydrogens (tertiary/aromatic N) is 1. The highest BCUT2D eigenvalue weighted by Gasteiger charge is 2.18. The van der Waals surface area contributed by atoms with Gasteiger partial charge in [-0.15, -0.1) is 0 Å². The molecule has 0 aliphatic carbocycles. The van der Waals surface area contributed by atoms with Crippen molar-refractivity contribution in [3.05, 3.63) is 29.6 Å². The van der Waals surface area contributed by atoms with Crippen molar-refractivity contribution in [1.82, 2.24) is 4.98 Å². The summed E-state index contributed by atoms with van der Waals surface area (Å²) in [5.74, 6) is -0.990. The normalized spacial score (nSPS) is 13.0. The lowest BCUT2D eigenvalue weighted by Gasteiger charge is -2.14. The summed E-state index contributed by atoms with van der Waals surface area (Å²) in [6.07, 6.45) is 10.5. The molecule has 0 radical (unpaired) electrons. The fourth-order valence-electron chi connectivity index (χ4n) is 2.98. The molecule has 1 aromatic rings. The molecule has 158 valence electrons. The van der Waals surface area contributed by atoms with Gasteiger partial charge in [-0.3, -0.25) is 0 Å². The molecule has 0 aliphatic rings. The van der Waals surface area contributed by atoms with Gasteiger partial charge in [0.05, 0.1) is 12.2 Å². The summed E-state index contributed by atoms with van der Waals surface area (Å²) in [6, 6.07) is 4.77. The van der Waals surface area contributed by atoms with Crippen LogP contribution in [0.25, 0.3) is 0 Å². The second-order valence-corrected chi connectivity index (χ2v) is 7.54. The van der Waals surface area contributed by atoms with E-state index in [9.17, 15) is 9.59 Å². The molecule has 1 heterocycles. The van der Waals surface area contributed by atoms with Crippen LogP contribution in [0.3, 0.4) is 0 Å². The molecule has 0 N–H and O–H groups in total. The maximum absolute atomic E-state index is 12.3. The highest BCUT2D eigenvalue weighted by molar-refractivity contribution is 5.91. The molecule has 5 nitrogen and oxygen atoms in total. The average Bonchev–Trinajstić information content (AvgIpc) is 2.68. The van der Waals surface area contributed by atoms with Crippen molar-refractivity contribution < 1.29 is 19.1 Å². The first-order valence-corrected chi connectivity index (χ1v) is 10.9. The summed E-state index contributed by atoms with van der Waals surface area (Å²) in [4.78, 5) is 28.8. The molecular weight excluding hydrogens is 354 g/mol. The molecular formula is C23H37NO4. The molecule has 0 fully saturated rings. The zero-order valence-corrected chi connectivity index (χ0v) is 18.0. The van der Waals surface area contributed by atoms with E-state index in [1.165, 1.54) is 25.7 Å². The van der Waals surface area contributed by atoms with Gasteiger partial charge in [0.1, 0.15) is 11.4 Å². The second-order valence-electron chi connectivity index (χ2n) is 7.54. The Hall–Kier alpha value is -1.91. The van der Waals surface area contributed by atoms with Crippen molar-refractivity contribution in [3.63, 3.8) is 0 Å². The van der Waals surface area contributed by atoms with Gasteiger partial charge in [0.15, 0.2) is 0 Å². The molecule has 0 bridgehead atoms. The van der Waals surface area contributed by atoms with Gasteiger partial charge in [-0.05, 0) is 51.7 Å². The molecule has 2 unspecified atom stereocenters. The summed E-state index contributed by atoms with van der Waals surface area (Å²) >= 11 is 0. The van der Waals surface area contributed by atoms with Gasteiger partial charge >= 0.3 is 11.9 Å². The van der Waals surface area contributed by atoms with E-state index >= 15 is 0 Å².